The molecule has 0 amide bonds. The fourth-order valence-corrected chi connectivity index (χ4v) is 3.20. The van der Waals surface area contributed by atoms with Gasteiger partial charge in [0.2, 0.25) is 0 Å². The lowest BCUT2D eigenvalue weighted by Gasteiger charge is -2.33. The van der Waals surface area contributed by atoms with E-state index in [2.05, 4.69) is 32.9 Å². The first-order valence-electron chi connectivity index (χ1n) is 7.12. The number of nitrogens with zero attached hydrogens (tertiary/aromatic N) is 3. The standard InChI is InChI=1S/C14H22BrN3O2/c1-4-18-12(13(15)10(2)16-18)9-17-8-6-5-7-11(17)14(19)20-3/h11H,4-9H2,1-3H3/t11-/m1/s1. The van der Waals surface area contributed by atoms with Gasteiger partial charge in [-0.2, -0.15) is 5.10 Å². The van der Waals surface area contributed by atoms with Crippen LogP contribution in [0.2, 0.25) is 0 Å². The summed E-state index contributed by atoms with van der Waals surface area (Å²) in [5.41, 5.74) is 2.13. The van der Waals surface area contributed by atoms with Crippen molar-refractivity contribution in [3.63, 3.8) is 0 Å². The van der Waals surface area contributed by atoms with Gasteiger partial charge in [-0.15, -0.1) is 0 Å². The highest BCUT2D eigenvalue weighted by molar-refractivity contribution is 9.10. The smallest absolute Gasteiger partial charge is 0.323 e. The summed E-state index contributed by atoms with van der Waals surface area (Å²) in [4.78, 5) is 14.1. The number of piperidine rings is 1. The van der Waals surface area contributed by atoms with Crippen molar-refractivity contribution in [2.24, 2.45) is 0 Å². The molecule has 2 heterocycles. The van der Waals surface area contributed by atoms with E-state index >= 15 is 0 Å². The van der Waals surface area contributed by atoms with Gasteiger partial charge in [0.05, 0.1) is 23.0 Å². The van der Waals surface area contributed by atoms with E-state index in [9.17, 15) is 4.79 Å². The fourth-order valence-electron chi connectivity index (χ4n) is 2.80. The summed E-state index contributed by atoms with van der Waals surface area (Å²) in [6.45, 7) is 6.57. The number of methoxy groups -OCH3 is 1. The molecule has 0 radical (unpaired) electrons. The Hall–Kier alpha value is -0.880. The lowest BCUT2D eigenvalue weighted by molar-refractivity contribution is -0.148. The number of hydrogen-bond acceptors (Lipinski definition) is 4. The zero-order chi connectivity index (χ0) is 14.7. The fraction of sp³-hybridized carbons (Fsp3) is 0.714. The normalized spacial score (nSPS) is 20.1. The van der Waals surface area contributed by atoms with E-state index in [0.717, 1.165) is 54.8 Å². The minimum Gasteiger partial charge on any atom is -0.468 e. The van der Waals surface area contributed by atoms with Crippen LogP contribution >= 0.6 is 15.9 Å². The molecule has 1 aromatic rings. The molecule has 0 N–H and O–H groups in total. The van der Waals surface area contributed by atoms with E-state index in [0.29, 0.717) is 0 Å². The molecule has 112 valence electrons. The van der Waals surface area contributed by atoms with Gasteiger partial charge in [0.25, 0.3) is 0 Å². The molecule has 1 aromatic heterocycles. The van der Waals surface area contributed by atoms with E-state index in [1.165, 1.54) is 7.11 Å². The van der Waals surface area contributed by atoms with E-state index < -0.39 is 0 Å². The summed E-state index contributed by atoms with van der Waals surface area (Å²) in [6.07, 6.45) is 3.09. The molecule has 0 aromatic carbocycles. The molecule has 1 aliphatic rings. The van der Waals surface area contributed by atoms with Gasteiger partial charge in [-0.05, 0) is 49.2 Å². The van der Waals surface area contributed by atoms with Gasteiger partial charge in [0.1, 0.15) is 6.04 Å². The highest BCUT2D eigenvalue weighted by Crippen LogP contribution is 2.26. The number of aryl methyl sites for hydroxylation is 2. The second kappa shape index (κ2) is 6.72. The molecule has 2 rings (SSSR count). The lowest BCUT2D eigenvalue weighted by atomic mass is 10.0. The number of carbonyl (C=O) groups excluding carboxylic acids is 1. The first-order valence-corrected chi connectivity index (χ1v) is 7.91. The van der Waals surface area contributed by atoms with Crippen LogP contribution in [0, 0.1) is 6.92 Å². The number of halogens is 1. The van der Waals surface area contributed by atoms with Crippen LogP contribution in [0.25, 0.3) is 0 Å². The first kappa shape index (κ1) is 15.5. The van der Waals surface area contributed by atoms with E-state index in [1.54, 1.807) is 0 Å². The quantitative estimate of drug-likeness (QED) is 0.788. The summed E-state index contributed by atoms with van der Waals surface area (Å²) in [6, 6.07) is -0.124. The minimum atomic E-state index is -0.125. The number of rotatable bonds is 4. The van der Waals surface area contributed by atoms with Gasteiger partial charge in [0, 0.05) is 13.1 Å². The SMILES string of the molecule is CCn1nc(C)c(Br)c1CN1CCCC[C@@H]1C(=O)OC. The maximum atomic E-state index is 11.9. The van der Waals surface area contributed by atoms with Gasteiger partial charge in [-0.1, -0.05) is 6.42 Å². The van der Waals surface area contributed by atoms with Crippen LogP contribution in [0.1, 0.15) is 37.6 Å². The van der Waals surface area contributed by atoms with Crippen LogP contribution in [-0.4, -0.2) is 40.3 Å². The molecular weight excluding hydrogens is 322 g/mol. The van der Waals surface area contributed by atoms with E-state index in [1.807, 2.05) is 11.6 Å². The molecule has 1 fully saturated rings. The Balaban J connectivity index is 2.20. The van der Waals surface area contributed by atoms with Crippen LogP contribution in [0.3, 0.4) is 0 Å². The largest absolute Gasteiger partial charge is 0.468 e. The highest BCUT2D eigenvalue weighted by Gasteiger charge is 2.30. The van der Waals surface area contributed by atoms with Crippen molar-refractivity contribution in [1.82, 2.24) is 14.7 Å². The van der Waals surface area contributed by atoms with Crippen molar-refractivity contribution in [3.05, 3.63) is 15.9 Å². The molecule has 0 aliphatic carbocycles. The molecule has 0 spiro atoms. The topological polar surface area (TPSA) is 47.4 Å². The van der Waals surface area contributed by atoms with Crippen molar-refractivity contribution in [3.8, 4) is 0 Å². The Morgan fingerprint density at radius 3 is 2.90 bits per heavy atom. The van der Waals surface area contributed by atoms with Crippen molar-refractivity contribution < 1.29 is 9.53 Å². The molecule has 0 saturated carbocycles. The Morgan fingerprint density at radius 2 is 2.25 bits per heavy atom. The van der Waals surface area contributed by atoms with Crippen molar-refractivity contribution in [2.75, 3.05) is 13.7 Å². The second-order valence-corrected chi connectivity index (χ2v) is 5.96. The second-order valence-electron chi connectivity index (χ2n) is 5.17. The molecule has 1 atom stereocenters. The predicted octanol–water partition coefficient (Wildman–Crippen LogP) is 2.50. The molecule has 1 saturated heterocycles. The summed E-state index contributed by atoms with van der Waals surface area (Å²) < 4.78 is 7.99. The van der Waals surface area contributed by atoms with Crippen molar-refractivity contribution in [2.45, 2.75) is 52.2 Å². The van der Waals surface area contributed by atoms with Crippen LogP contribution in [0.4, 0.5) is 0 Å². The highest BCUT2D eigenvalue weighted by atomic mass is 79.9. The molecule has 0 unspecified atom stereocenters. The molecular formula is C14H22BrN3O2. The van der Waals surface area contributed by atoms with Crippen LogP contribution < -0.4 is 0 Å². The van der Waals surface area contributed by atoms with Crippen molar-refractivity contribution >= 4 is 21.9 Å². The Morgan fingerprint density at radius 1 is 1.50 bits per heavy atom. The number of aromatic nitrogens is 2. The maximum absolute atomic E-state index is 11.9. The maximum Gasteiger partial charge on any atom is 0.323 e. The number of likely N-dealkylation sites (tertiary alicyclic amines) is 1. The zero-order valence-electron chi connectivity index (χ0n) is 12.4. The first-order chi connectivity index (χ1) is 9.58. The van der Waals surface area contributed by atoms with E-state index in [4.69, 9.17) is 4.74 Å². The van der Waals surface area contributed by atoms with E-state index in [-0.39, 0.29) is 12.0 Å². The van der Waals surface area contributed by atoms with Crippen LogP contribution in [0.15, 0.2) is 4.47 Å². The average Bonchev–Trinajstić information content (AvgIpc) is 2.74. The summed E-state index contributed by atoms with van der Waals surface area (Å²) in [5, 5.41) is 4.51. The van der Waals surface area contributed by atoms with Crippen LogP contribution in [0.5, 0.6) is 0 Å². The zero-order valence-corrected chi connectivity index (χ0v) is 13.9. The molecule has 20 heavy (non-hydrogen) atoms. The Bertz CT molecular complexity index is 487. The Kier molecular flexibility index (Phi) is 5.21. The summed E-state index contributed by atoms with van der Waals surface area (Å²) >= 11 is 3.62. The van der Waals surface area contributed by atoms with Gasteiger partial charge < -0.3 is 4.74 Å². The average molecular weight is 344 g/mol. The molecule has 5 nitrogen and oxygen atoms in total. The van der Waals surface area contributed by atoms with Crippen LogP contribution in [-0.2, 0) is 22.6 Å². The minimum absolute atomic E-state index is 0.124. The summed E-state index contributed by atoms with van der Waals surface area (Å²) in [5.74, 6) is -0.125. The number of esters is 1. The number of ether oxygens (including phenoxy) is 1. The molecule has 0 bridgehead atoms. The van der Waals surface area contributed by atoms with Gasteiger partial charge in [-0.25, -0.2) is 0 Å². The third-order valence-electron chi connectivity index (χ3n) is 3.89. The van der Waals surface area contributed by atoms with Gasteiger partial charge >= 0.3 is 5.97 Å². The third kappa shape index (κ3) is 3.06. The van der Waals surface area contributed by atoms with Crippen molar-refractivity contribution in [1.29, 1.82) is 0 Å². The Labute approximate surface area is 128 Å². The van der Waals surface area contributed by atoms with Gasteiger partial charge in [0.15, 0.2) is 0 Å². The summed E-state index contributed by atoms with van der Waals surface area (Å²) in [7, 11) is 1.46. The molecule has 1 aliphatic heterocycles. The predicted molar refractivity (Wildman–Crippen MR) is 80.4 cm³/mol. The monoisotopic (exact) mass is 343 g/mol. The number of carbonyl (C=O) groups is 1. The number of hydrogen-bond donors (Lipinski definition) is 0. The third-order valence-corrected chi connectivity index (χ3v) is 4.92. The van der Waals surface area contributed by atoms with Gasteiger partial charge in [-0.3, -0.25) is 14.4 Å². The lowest BCUT2D eigenvalue weighted by Crippen LogP contribution is -2.45. The molecule has 6 heteroatoms.